The molecule has 0 aromatic carbocycles. The number of carbonyl (C=O) groups is 1. The van der Waals surface area contributed by atoms with Crippen molar-refractivity contribution in [3.8, 4) is 0 Å². The molecular formula is C11H19NO2. The molecule has 1 saturated carbocycles. The van der Waals surface area contributed by atoms with E-state index in [1.54, 1.807) is 0 Å². The van der Waals surface area contributed by atoms with E-state index in [4.69, 9.17) is 4.74 Å². The van der Waals surface area contributed by atoms with Crippen molar-refractivity contribution < 1.29 is 9.53 Å². The monoisotopic (exact) mass is 197 g/mol. The fraction of sp³-hybridized carbons (Fsp3) is 0.909. The highest BCUT2D eigenvalue weighted by molar-refractivity contribution is 5.67. The van der Waals surface area contributed by atoms with Gasteiger partial charge >= 0.3 is 6.09 Å². The first-order valence-corrected chi connectivity index (χ1v) is 5.64. The van der Waals surface area contributed by atoms with E-state index in [2.05, 4.69) is 0 Å². The average Bonchev–Trinajstić information content (AvgIpc) is 2.27. The van der Waals surface area contributed by atoms with Crippen molar-refractivity contribution >= 4 is 6.09 Å². The van der Waals surface area contributed by atoms with Crippen molar-refractivity contribution in [1.82, 2.24) is 4.90 Å². The van der Waals surface area contributed by atoms with Crippen LogP contribution in [0.3, 0.4) is 0 Å². The van der Waals surface area contributed by atoms with Crippen LogP contribution in [0.1, 0.15) is 32.1 Å². The number of hydrogen-bond acceptors (Lipinski definition) is 2. The second-order valence-electron chi connectivity index (χ2n) is 4.51. The molecule has 3 heteroatoms. The zero-order valence-electron chi connectivity index (χ0n) is 8.87. The van der Waals surface area contributed by atoms with Crippen LogP contribution in [0.25, 0.3) is 0 Å². The SMILES string of the molecule is COC(=O)N1CCC2CCCCC2C1. The predicted octanol–water partition coefficient (Wildman–Crippen LogP) is 2.26. The van der Waals surface area contributed by atoms with Gasteiger partial charge < -0.3 is 9.64 Å². The molecule has 0 spiro atoms. The zero-order chi connectivity index (χ0) is 9.97. The third-order valence-electron chi connectivity index (χ3n) is 3.72. The van der Waals surface area contributed by atoms with Gasteiger partial charge in [0, 0.05) is 13.1 Å². The number of methoxy groups -OCH3 is 1. The summed E-state index contributed by atoms with van der Waals surface area (Å²) in [4.78, 5) is 13.2. The summed E-state index contributed by atoms with van der Waals surface area (Å²) in [5.74, 6) is 1.63. The van der Waals surface area contributed by atoms with Crippen molar-refractivity contribution in [2.75, 3.05) is 20.2 Å². The Bertz CT molecular complexity index is 217. The Balaban J connectivity index is 1.92. The van der Waals surface area contributed by atoms with Crippen molar-refractivity contribution in [2.24, 2.45) is 11.8 Å². The van der Waals surface area contributed by atoms with Crippen LogP contribution in [0, 0.1) is 11.8 Å². The Morgan fingerprint density at radius 1 is 1.21 bits per heavy atom. The van der Waals surface area contributed by atoms with Crippen LogP contribution in [0.5, 0.6) is 0 Å². The summed E-state index contributed by atoms with van der Waals surface area (Å²) >= 11 is 0. The minimum atomic E-state index is -0.144. The minimum absolute atomic E-state index is 0.144. The van der Waals surface area contributed by atoms with Crippen LogP contribution in [-0.4, -0.2) is 31.2 Å². The first-order valence-electron chi connectivity index (χ1n) is 5.64. The van der Waals surface area contributed by atoms with Crippen molar-refractivity contribution in [3.63, 3.8) is 0 Å². The van der Waals surface area contributed by atoms with Crippen LogP contribution in [0.4, 0.5) is 4.79 Å². The lowest BCUT2D eigenvalue weighted by Gasteiger charge is -2.40. The third kappa shape index (κ3) is 1.86. The molecule has 1 heterocycles. The van der Waals surface area contributed by atoms with Crippen LogP contribution < -0.4 is 0 Å². The molecule has 2 atom stereocenters. The van der Waals surface area contributed by atoms with Gasteiger partial charge in [0.2, 0.25) is 0 Å². The summed E-state index contributed by atoms with van der Waals surface area (Å²) in [6, 6.07) is 0. The van der Waals surface area contributed by atoms with Gasteiger partial charge in [-0.05, 0) is 24.7 Å². The van der Waals surface area contributed by atoms with E-state index >= 15 is 0 Å². The molecule has 1 aliphatic carbocycles. The maximum Gasteiger partial charge on any atom is 0.409 e. The second-order valence-corrected chi connectivity index (χ2v) is 4.51. The molecule has 0 radical (unpaired) electrons. The summed E-state index contributed by atoms with van der Waals surface area (Å²) in [6.07, 6.45) is 6.45. The van der Waals surface area contributed by atoms with Crippen molar-refractivity contribution in [1.29, 1.82) is 0 Å². The molecule has 0 aromatic rings. The normalized spacial score (nSPS) is 32.2. The molecule has 1 amide bonds. The molecule has 14 heavy (non-hydrogen) atoms. The predicted molar refractivity (Wildman–Crippen MR) is 54.0 cm³/mol. The number of amides is 1. The van der Waals surface area contributed by atoms with E-state index in [0.29, 0.717) is 0 Å². The van der Waals surface area contributed by atoms with E-state index in [9.17, 15) is 4.79 Å². The van der Waals surface area contributed by atoms with Gasteiger partial charge in [-0.25, -0.2) is 4.79 Å². The van der Waals surface area contributed by atoms with E-state index in [-0.39, 0.29) is 6.09 Å². The Hall–Kier alpha value is -0.730. The van der Waals surface area contributed by atoms with Gasteiger partial charge in [0.1, 0.15) is 0 Å². The van der Waals surface area contributed by atoms with Gasteiger partial charge in [-0.3, -0.25) is 0 Å². The largest absolute Gasteiger partial charge is 0.453 e. The highest BCUT2D eigenvalue weighted by Gasteiger charge is 2.33. The highest BCUT2D eigenvalue weighted by atomic mass is 16.5. The van der Waals surface area contributed by atoms with E-state index in [1.807, 2.05) is 4.90 Å². The van der Waals surface area contributed by atoms with Crippen molar-refractivity contribution in [3.05, 3.63) is 0 Å². The lowest BCUT2D eigenvalue weighted by molar-refractivity contribution is 0.0671. The number of carbonyl (C=O) groups excluding carboxylic acids is 1. The molecule has 2 fully saturated rings. The first kappa shape index (κ1) is 9.81. The van der Waals surface area contributed by atoms with Gasteiger partial charge in [0.05, 0.1) is 7.11 Å². The second kappa shape index (κ2) is 4.20. The molecular weight excluding hydrogens is 178 g/mol. The summed E-state index contributed by atoms with van der Waals surface area (Å²) in [6.45, 7) is 1.82. The summed E-state index contributed by atoms with van der Waals surface area (Å²) in [7, 11) is 1.47. The van der Waals surface area contributed by atoms with Gasteiger partial charge in [-0.2, -0.15) is 0 Å². The molecule has 2 unspecified atom stereocenters. The van der Waals surface area contributed by atoms with Crippen LogP contribution in [-0.2, 0) is 4.74 Å². The summed E-state index contributed by atoms with van der Waals surface area (Å²) in [5.41, 5.74) is 0. The van der Waals surface area contributed by atoms with Crippen LogP contribution in [0.15, 0.2) is 0 Å². The van der Waals surface area contributed by atoms with Crippen molar-refractivity contribution in [2.45, 2.75) is 32.1 Å². The fourth-order valence-electron chi connectivity index (χ4n) is 2.90. The first-order chi connectivity index (χ1) is 6.81. The number of piperidine rings is 1. The fourth-order valence-corrected chi connectivity index (χ4v) is 2.90. The minimum Gasteiger partial charge on any atom is -0.453 e. The number of likely N-dealkylation sites (tertiary alicyclic amines) is 1. The molecule has 3 nitrogen and oxygen atoms in total. The average molecular weight is 197 g/mol. The van der Waals surface area contributed by atoms with Gasteiger partial charge in [-0.15, -0.1) is 0 Å². The van der Waals surface area contributed by atoms with Gasteiger partial charge in [-0.1, -0.05) is 19.3 Å². The summed E-state index contributed by atoms with van der Waals surface area (Å²) < 4.78 is 4.76. The number of ether oxygens (including phenoxy) is 1. The number of fused-ring (bicyclic) bond motifs is 1. The third-order valence-corrected chi connectivity index (χ3v) is 3.72. The van der Waals surface area contributed by atoms with Crippen LogP contribution in [0.2, 0.25) is 0 Å². The van der Waals surface area contributed by atoms with E-state index in [1.165, 1.54) is 39.2 Å². The summed E-state index contributed by atoms with van der Waals surface area (Å²) in [5, 5.41) is 0. The Morgan fingerprint density at radius 3 is 2.64 bits per heavy atom. The van der Waals surface area contributed by atoms with E-state index in [0.717, 1.165) is 24.9 Å². The standard InChI is InChI=1S/C11H19NO2/c1-14-11(13)12-7-6-9-4-2-3-5-10(9)8-12/h9-10H,2-8H2,1H3. The molecule has 1 aliphatic heterocycles. The molecule has 0 aromatic heterocycles. The quantitative estimate of drug-likeness (QED) is 0.596. The zero-order valence-corrected chi connectivity index (χ0v) is 8.87. The molecule has 2 rings (SSSR count). The molecule has 0 N–H and O–H groups in total. The maximum absolute atomic E-state index is 11.3. The number of nitrogens with zero attached hydrogens (tertiary/aromatic N) is 1. The smallest absolute Gasteiger partial charge is 0.409 e. The van der Waals surface area contributed by atoms with Gasteiger partial charge in [0.25, 0.3) is 0 Å². The maximum atomic E-state index is 11.3. The van der Waals surface area contributed by atoms with Crippen LogP contribution >= 0.6 is 0 Å². The van der Waals surface area contributed by atoms with Gasteiger partial charge in [0.15, 0.2) is 0 Å². The molecule has 0 bridgehead atoms. The highest BCUT2D eigenvalue weighted by Crippen LogP contribution is 2.36. The Labute approximate surface area is 85.4 Å². The molecule has 80 valence electrons. The molecule has 1 saturated heterocycles. The topological polar surface area (TPSA) is 29.5 Å². The molecule has 2 aliphatic rings. The van der Waals surface area contributed by atoms with E-state index < -0.39 is 0 Å². The Kier molecular flexibility index (Phi) is 2.94. The number of hydrogen-bond donors (Lipinski definition) is 0. The Morgan fingerprint density at radius 2 is 1.93 bits per heavy atom. The lowest BCUT2D eigenvalue weighted by Crippen LogP contribution is -2.44. The number of rotatable bonds is 0. The lowest BCUT2D eigenvalue weighted by atomic mass is 9.75.